The van der Waals surface area contributed by atoms with Gasteiger partial charge in [-0.05, 0) is 13.0 Å². The molecule has 0 aliphatic rings. The molecule has 0 saturated carbocycles. The van der Waals surface area contributed by atoms with E-state index in [0.717, 1.165) is 5.56 Å². The van der Waals surface area contributed by atoms with Gasteiger partial charge in [0.05, 0.1) is 7.11 Å². The van der Waals surface area contributed by atoms with Crippen LogP contribution in [-0.2, 0) is 0 Å². The van der Waals surface area contributed by atoms with Gasteiger partial charge in [-0.25, -0.2) is 4.39 Å². The summed E-state index contributed by atoms with van der Waals surface area (Å²) in [5.74, 6) is 0.196. The summed E-state index contributed by atoms with van der Waals surface area (Å²) >= 11 is 0. The molecular formula is C9H13ClFNO. The lowest BCUT2D eigenvalue weighted by molar-refractivity contribution is 0.403. The predicted molar refractivity (Wildman–Crippen MR) is 52.8 cm³/mol. The Labute approximate surface area is 83.3 Å². The van der Waals surface area contributed by atoms with Gasteiger partial charge in [-0.1, -0.05) is 6.07 Å². The first-order valence-corrected chi connectivity index (χ1v) is 3.74. The normalized spacial score (nSPS) is 11.7. The Morgan fingerprint density at radius 3 is 2.54 bits per heavy atom. The fourth-order valence-corrected chi connectivity index (χ4v) is 1.06. The monoisotopic (exact) mass is 205 g/mol. The van der Waals surface area contributed by atoms with Gasteiger partial charge < -0.3 is 10.5 Å². The van der Waals surface area contributed by atoms with Gasteiger partial charge in [-0.3, -0.25) is 0 Å². The van der Waals surface area contributed by atoms with Crippen LogP contribution < -0.4 is 10.5 Å². The topological polar surface area (TPSA) is 35.2 Å². The van der Waals surface area contributed by atoms with Crippen molar-refractivity contribution in [3.05, 3.63) is 29.6 Å². The van der Waals surface area contributed by atoms with E-state index in [0.29, 0.717) is 5.75 Å². The van der Waals surface area contributed by atoms with Gasteiger partial charge in [-0.2, -0.15) is 0 Å². The third-order valence-corrected chi connectivity index (χ3v) is 1.69. The van der Waals surface area contributed by atoms with Crippen LogP contribution >= 0.6 is 12.4 Å². The summed E-state index contributed by atoms with van der Waals surface area (Å²) in [6.07, 6.45) is 0. The Bertz CT molecular complexity index is 278. The van der Waals surface area contributed by atoms with Gasteiger partial charge in [0.1, 0.15) is 11.6 Å². The number of benzene rings is 1. The van der Waals surface area contributed by atoms with Gasteiger partial charge in [0.2, 0.25) is 0 Å². The zero-order valence-corrected chi connectivity index (χ0v) is 8.40. The van der Waals surface area contributed by atoms with Crippen molar-refractivity contribution >= 4 is 12.4 Å². The van der Waals surface area contributed by atoms with E-state index < -0.39 is 0 Å². The third-order valence-electron chi connectivity index (χ3n) is 1.69. The molecule has 13 heavy (non-hydrogen) atoms. The fourth-order valence-electron chi connectivity index (χ4n) is 1.06. The number of rotatable bonds is 2. The van der Waals surface area contributed by atoms with E-state index in [1.807, 2.05) is 6.92 Å². The Hall–Kier alpha value is -0.800. The van der Waals surface area contributed by atoms with Crippen molar-refractivity contribution in [3.63, 3.8) is 0 Å². The van der Waals surface area contributed by atoms with E-state index >= 15 is 0 Å². The maximum atomic E-state index is 12.7. The zero-order valence-electron chi connectivity index (χ0n) is 7.58. The number of methoxy groups -OCH3 is 1. The molecule has 0 radical (unpaired) electrons. The largest absolute Gasteiger partial charge is 0.496 e. The summed E-state index contributed by atoms with van der Waals surface area (Å²) in [6, 6.07) is 4.21. The van der Waals surface area contributed by atoms with Crippen molar-refractivity contribution in [1.82, 2.24) is 0 Å². The number of hydrogen-bond acceptors (Lipinski definition) is 2. The molecule has 2 nitrogen and oxygen atoms in total. The second-order valence-corrected chi connectivity index (χ2v) is 2.67. The molecule has 0 bridgehead atoms. The molecule has 0 fully saturated rings. The predicted octanol–water partition coefficient (Wildman–Crippen LogP) is 2.28. The lowest BCUT2D eigenvalue weighted by Gasteiger charge is -2.10. The molecule has 2 N–H and O–H groups in total. The van der Waals surface area contributed by atoms with Crippen LogP contribution in [0.1, 0.15) is 18.5 Å². The molecule has 0 saturated heterocycles. The number of hydrogen-bond donors (Lipinski definition) is 1. The average molecular weight is 206 g/mol. The van der Waals surface area contributed by atoms with Gasteiger partial charge in [0, 0.05) is 17.7 Å². The third kappa shape index (κ3) is 2.86. The quantitative estimate of drug-likeness (QED) is 0.804. The van der Waals surface area contributed by atoms with Crippen LogP contribution in [0.25, 0.3) is 0 Å². The smallest absolute Gasteiger partial charge is 0.126 e. The molecule has 0 aliphatic carbocycles. The second kappa shape index (κ2) is 5.04. The molecule has 4 heteroatoms. The molecular weight excluding hydrogens is 193 g/mol. The minimum atomic E-state index is -0.309. The van der Waals surface area contributed by atoms with Crippen LogP contribution in [0, 0.1) is 5.82 Å². The zero-order chi connectivity index (χ0) is 9.14. The number of halogens is 2. The first-order chi connectivity index (χ1) is 5.65. The van der Waals surface area contributed by atoms with E-state index in [1.54, 1.807) is 6.07 Å². The summed E-state index contributed by atoms with van der Waals surface area (Å²) in [4.78, 5) is 0. The SMILES string of the molecule is COc1cc(F)ccc1[C@H](C)N.Cl. The van der Waals surface area contributed by atoms with Crippen molar-refractivity contribution in [2.75, 3.05) is 7.11 Å². The van der Waals surface area contributed by atoms with Crippen molar-refractivity contribution in [1.29, 1.82) is 0 Å². The van der Waals surface area contributed by atoms with Gasteiger partial charge >= 0.3 is 0 Å². The Morgan fingerprint density at radius 1 is 1.46 bits per heavy atom. The van der Waals surface area contributed by atoms with Crippen LogP contribution in [0.2, 0.25) is 0 Å². The van der Waals surface area contributed by atoms with E-state index in [9.17, 15) is 4.39 Å². The molecule has 0 spiro atoms. The van der Waals surface area contributed by atoms with Gasteiger partial charge in [0.25, 0.3) is 0 Å². The van der Waals surface area contributed by atoms with E-state index in [1.165, 1.54) is 19.2 Å². The molecule has 1 atom stereocenters. The van der Waals surface area contributed by atoms with Gasteiger partial charge in [-0.15, -0.1) is 12.4 Å². The minimum Gasteiger partial charge on any atom is -0.496 e. The number of ether oxygens (including phenoxy) is 1. The van der Waals surface area contributed by atoms with Crippen molar-refractivity contribution < 1.29 is 9.13 Å². The maximum absolute atomic E-state index is 12.7. The Kier molecular flexibility index (Phi) is 4.73. The first kappa shape index (κ1) is 12.2. The van der Waals surface area contributed by atoms with Crippen LogP contribution in [0.5, 0.6) is 5.75 Å². The van der Waals surface area contributed by atoms with Crippen molar-refractivity contribution in [2.45, 2.75) is 13.0 Å². The fraction of sp³-hybridized carbons (Fsp3) is 0.333. The van der Waals surface area contributed by atoms with Crippen LogP contribution in [0.4, 0.5) is 4.39 Å². The van der Waals surface area contributed by atoms with E-state index in [-0.39, 0.29) is 24.3 Å². The van der Waals surface area contributed by atoms with Crippen LogP contribution in [0.3, 0.4) is 0 Å². The van der Waals surface area contributed by atoms with E-state index in [4.69, 9.17) is 10.5 Å². The highest BCUT2D eigenvalue weighted by Crippen LogP contribution is 2.23. The maximum Gasteiger partial charge on any atom is 0.126 e. The highest BCUT2D eigenvalue weighted by atomic mass is 35.5. The summed E-state index contributed by atoms with van der Waals surface area (Å²) in [5, 5.41) is 0. The molecule has 0 aromatic heterocycles. The molecule has 0 amide bonds. The summed E-state index contributed by atoms with van der Waals surface area (Å²) in [7, 11) is 1.50. The molecule has 0 aliphatic heterocycles. The summed E-state index contributed by atoms with van der Waals surface area (Å²) < 4.78 is 17.6. The summed E-state index contributed by atoms with van der Waals surface area (Å²) in [6.45, 7) is 1.83. The molecule has 0 heterocycles. The lowest BCUT2D eigenvalue weighted by atomic mass is 10.1. The first-order valence-electron chi connectivity index (χ1n) is 3.74. The van der Waals surface area contributed by atoms with Crippen molar-refractivity contribution in [2.24, 2.45) is 5.73 Å². The molecule has 1 rings (SSSR count). The second-order valence-electron chi connectivity index (χ2n) is 2.67. The Balaban J connectivity index is 0.00000144. The van der Waals surface area contributed by atoms with Crippen LogP contribution in [0.15, 0.2) is 18.2 Å². The Morgan fingerprint density at radius 2 is 2.08 bits per heavy atom. The average Bonchev–Trinajstić information content (AvgIpc) is 2.03. The highest BCUT2D eigenvalue weighted by molar-refractivity contribution is 5.85. The number of nitrogens with two attached hydrogens (primary N) is 1. The summed E-state index contributed by atoms with van der Waals surface area (Å²) in [5.41, 5.74) is 6.46. The lowest BCUT2D eigenvalue weighted by Crippen LogP contribution is -2.06. The molecule has 1 aromatic carbocycles. The molecule has 74 valence electrons. The standard InChI is InChI=1S/C9H12FNO.ClH/c1-6(11)8-4-3-7(10)5-9(8)12-2;/h3-6H,11H2,1-2H3;1H/t6-;/m0./s1. The molecule has 1 aromatic rings. The molecule has 0 unspecified atom stereocenters. The van der Waals surface area contributed by atoms with Crippen LogP contribution in [-0.4, -0.2) is 7.11 Å². The van der Waals surface area contributed by atoms with Gasteiger partial charge in [0.15, 0.2) is 0 Å². The highest BCUT2D eigenvalue weighted by Gasteiger charge is 2.07. The minimum absolute atomic E-state index is 0. The van der Waals surface area contributed by atoms with Crippen molar-refractivity contribution in [3.8, 4) is 5.75 Å². The van der Waals surface area contributed by atoms with E-state index in [2.05, 4.69) is 0 Å².